The van der Waals surface area contributed by atoms with Crippen molar-refractivity contribution in [3.8, 4) is 0 Å². The molecule has 5 rings (SSSR count). The molecule has 1 saturated heterocycles. The monoisotopic (exact) mass is 532 g/mol. The Balaban J connectivity index is 1.38. The minimum absolute atomic E-state index is 0.0979. The van der Waals surface area contributed by atoms with E-state index in [-0.39, 0.29) is 5.70 Å². The van der Waals surface area contributed by atoms with Crippen LogP contribution in [0.3, 0.4) is 0 Å². The van der Waals surface area contributed by atoms with E-state index in [2.05, 4.69) is 10.6 Å². The molecule has 0 bridgehead atoms. The molecule has 7 nitrogen and oxygen atoms in total. The molecule has 3 aromatic carbocycles. The second-order valence-corrected chi connectivity index (χ2v) is 9.61. The number of para-hydroxylation sites is 1. The van der Waals surface area contributed by atoms with Crippen LogP contribution in [0.15, 0.2) is 78.6 Å². The van der Waals surface area contributed by atoms with E-state index in [0.29, 0.717) is 22.3 Å². The van der Waals surface area contributed by atoms with Gasteiger partial charge in [-0.25, -0.2) is 9.69 Å². The summed E-state index contributed by atoms with van der Waals surface area (Å²) in [5, 5.41) is 7.33. The highest BCUT2D eigenvalue weighted by Crippen LogP contribution is 2.28. The van der Waals surface area contributed by atoms with Crippen molar-refractivity contribution in [1.29, 1.82) is 0 Å². The number of halogens is 2. The zero-order valence-corrected chi connectivity index (χ0v) is 21.3. The lowest BCUT2D eigenvalue weighted by molar-refractivity contribution is -0.127. The summed E-state index contributed by atoms with van der Waals surface area (Å²) >= 11 is 12.4. The molecule has 0 aliphatic carbocycles. The van der Waals surface area contributed by atoms with E-state index in [0.717, 1.165) is 32.5 Å². The first kappa shape index (κ1) is 24.6. The van der Waals surface area contributed by atoms with Crippen LogP contribution < -0.4 is 10.6 Å². The highest BCUT2D eigenvalue weighted by molar-refractivity contribution is 6.35. The summed E-state index contributed by atoms with van der Waals surface area (Å²) in [7, 11) is 0. The minimum atomic E-state index is -0.646. The number of rotatable bonds is 6. The number of anilines is 1. The van der Waals surface area contributed by atoms with Crippen LogP contribution in [0.1, 0.15) is 16.7 Å². The van der Waals surface area contributed by atoms with Gasteiger partial charge in [0.05, 0.1) is 0 Å². The molecule has 1 aliphatic heterocycles. The topological polar surface area (TPSA) is 83.4 Å². The predicted octanol–water partition coefficient (Wildman–Crippen LogP) is 5.84. The normalized spacial score (nSPS) is 14.5. The summed E-state index contributed by atoms with van der Waals surface area (Å²) in [4.78, 5) is 39.0. The second kappa shape index (κ2) is 10.1. The molecule has 9 heteroatoms. The summed E-state index contributed by atoms with van der Waals surface area (Å²) in [5.41, 5.74) is 4.25. The average molecular weight is 533 g/mol. The van der Waals surface area contributed by atoms with Crippen LogP contribution in [-0.4, -0.2) is 33.9 Å². The number of imide groups is 1. The number of benzene rings is 3. The summed E-state index contributed by atoms with van der Waals surface area (Å²) in [6.07, 6.45) is 3.52. The third kappa shape index (κ3) is 5.23. The zero-order chi connectivity index (χ0) is 26.1. The van der Waals surface area contributed by atoms with Crippen molar-refractivity contribution < 1.29 is 14.4 Å². The van der Waals surface area contributed by atoms with Gasteiger partial charge in [0.15, 0.2) is 0 Å². The highest BCUT2D eigenvalue weighted by Gasteiger charge is 2.35. The van der Waals surface area contributed by atoms with Crippen LogP contribution in [0.2, 0.25) is 10.0 Å². The molecule has 1 fully saturated rings. The molecule has 37 heavy (non-hydrogen) atoms. The van der Waals surface area contributed by atoms with Crippen molar-refractivity contribution in [2.24, 2.45) is 0 Å². The van der Waals surface area contributed by atoms with E-state index in [1.165, 1.54) is 0 Å². The van der Waals surface area contributed by atoms with E-state index in [1.807, 2.05) is 66.2 Å². The van der Waals surface area contributed by atoms with Crippen LogP contribution in [0, 0.1) is 6.92 Å². The Labute approximate surface area is 223 Å². The predicted molar refractivity (Wildman–Crippen MR) is 146 cm³/mol. The van der Waals surface area contributed by atoms with Crippen molar-refractivity contribution in [2.45, 2.75) is 13.5 Å². The molecular formula is C28H22Cl2N4O3. The van der Waals surface area contributed by atoms with Crippen molar-refractivity contribution in [1.82, 2.24) is 14.8 Å². The van der Waals surface area contributed by atoms with Crippen molar-refractivity contribution in [3.05, 3.63) is 105 Å². The smallest absolute Gasteiger partial charge is 0.329 e. The van der Waals surface area contributed by atoms with Gasteiger partial charge in [0.1, 0.15) is 12.2 Å². The van der Waals surface area contributed by atoms with Crippen molar-refractivity contribution in [2.75, 3.05) is 11.9 Å². The Hall–Kier alpha value is -4.07. The number of aryl methyl sites for hydroxylation is 1. The van der Waals surface area contributed by atoms with E-state index >= 15 is 0 Å². The number of nitrogens with one attached hydrogen (secondary N) is 2. The molecule has 4 aromatic rings. The Bertz CT molecular complexity index is 1590. The third-order valence-corrected chi connectivity index (χ3v) is 6.63. The van der Waals surface area contributed by atoms with E-state index in [9.17, 15) is 14.4 Å². The molecular weight excluding hydrogens is 511 g/mol. The van der Waals surface area contributed by atoms with Gasteiger partial charge < -0.3 is 15.2 Å². The summed E-state index contributed by atoms with van der Waals surface area (Å²) in [5.74, 6) is -1.03. The standard InChI is InChI=1S/C28H22Cl2N4O3/c1-17-5-4-6-21(11-17)31-26(35)16-34-27(36)24(32-28(34)37)12-19-15-33(25-8-3-2-7-22(19)25)14-18-9-10-20(29)13-23(18)30/h2-13,15H,14,16H2,1H3,(H,31,35)(H,32,37)/b24-12+. The van der Waals surface area contributed by atoms with Crippen LogP contribution in [0.25, 0.3) is 17.0 Å². The first-order valence-electron chi connectivity index (χ1n) is 11.5. The SMILES string of the molecule is Cc1cccc(NC(=O)CN2C(=O)N/C(=C/c3cn(Cc4ccc(Cl)cc4Cl)c4ccccc34)C2=O)c1. The van der Waals surface area contributed by atoms with Crippen LogP contribution in [0.4, 0.5) is 10.5 Å². The summed E-state index contributed by atoms with van der Waals surface area (Å²) in [6, 6.07) is 19.7. The summed E-state index contributed by atoms with van der Waals surface area (Å²) < 4.78 is 2.02. The molecule has 1 aromatic heterocycles. The molecule has 4 amide bonds. The first-order valence-corrected chi connectivity index (χ1v) is 12.3. The number of hydrogen-bond acceptors (Lipinski definition) is 3. The van der Waals surface area contributed by atoms with Gasteiger partial charge in [-0.15, -0.1) is 0 Å². The lowest BCUT2D eigenvalue weighted by Gasteiger charge is -2.12. The molecule has 186 valence electrons. The fourth-order valence-corrected chi connectivity index (χ4v) is 4.76. The lowest BCUT2D eigenvalue weighted by atomic mass is 10.1. The molecule has 0 radical (unpaired) electrons. The van der Waals surface area contributed by atoms with Crippen molar-refractivity contribution >= 4 is 63.7 Å². The number of hydrogen-bond donors (Lipinski definition) is 2. The molecule has 0 atom stereocenters. The molecule has 0 saturated carbocycles. The minimum Gasteiger partial charge on any atom is -0.342 e. The van der Waals surface area contributed by atoms with Crippen LogP contribution in [-0.2, 0) is 16.1 Å². The fraction of sp³-hybridized carbons (Fsp3) is 0.107. The van der Waals surface area contributed by atoms with Gasteiger partial charge >= 0.3 is 6.03 Å². The maximum Gasteiger partial charge on any atom is 0.329 e. The van der Waals surface area contributed by atoms with Gasteiger partial charge in [-0.3, -0.25) is 9.59 Å². The van der Waals surface area contributed by atoms with Gasteiger partial charge in [0.2, 0.25) is 5.91 Å². The number of nitrogens with zero attached hydrogens (tertiary/aromatic N) is 2. The van der Waals surface area contributed by atoms with Gasteiger partial charge in [-0.05, 0) is 54.5 Å². The summed E-state index contributed by atoms with van der Waals surface area (Å²) in [6.45, 7) is 2.00. The fourth-order valence-electron chi connectivity index (χ4n) is 4.29. The first-order chi connectivity index (χ1) is 17.8. The number of fused-ring (bicyclic) bond motifs is 1. The maximum absolute atomic E-state index is 13.0. The second-order valence-electron chi connectivity index (χ2n) is 8.76. The number of urea groups is 1. The largest absolute Gasteiger partial charge is 0.342 e. The maximum atomic E-state index is 13.0. The molecule has 0 spiro atoms. The zero-order valence-electron chi connectivity index (χ0n) is 19.8. The van der Waals surface area contributed by atoms with Gasteiger partial charge in [-0.1, -0.05) is 59.6 Å². The third-order valence-electron chi connectivity index (χ3n) is 6.04. The molecule has 2 N–H and O–H groups in total. The molecule has 0 unspecified atom stereocenters. The van der Waals surface area contributed by atoms with Crippen LogP contribution >= 0.6 is 23.2 Å². The molecule has 2 heterocycles. The molecule has 1 aliphatic rings. The Morgan fingerprint density at radius 1 is 1.03 bits per heavy atom. The average Bonchev–Trinajstić information content (AvgIpc) is 3.33. The quantitative estimate of drug-likeness (QED) is 0.242. The number of amides is 4. The lowest BCUT2D eigenvalue weighted by Crippen LogP contribution is -2.38. The Morgan fingerprint density at radius 2 is 1.84 bits per heavy atom. The number of carbonyl (C=O) groups excluding carboxylic acids is 3. The van der Waals surface area contributed by atoms with E-state index < -0.39 is 24.4 Å². The van der Waals surface area contributed by atoms with Gasteiger partial charge in [0, 0.05) is 44.9 Å². The highest BCUT2D eigenvalue weighted by atomic mass is 35.5. The number of aromatic nitrogens is 1. The van der Waals surface area contributed by atoms with Crippen LogP contribution in [0.5, 0.6) is 0 Å². The number of carbonyl (C=O) groups is 3. The van der Waals surface area contributed by atoms with E-state index in [1.54, 1.807) is 24.3 Å². The Kier molecular flexibility index (Phi) is 6.74. The van der Waals surface area contributed by atoms with Gasteiger partial charge in [0.25, 0.3) is 5.91 Å². The van der Waals surface area contributed by atoms with Crippen molar-refractivity contribution in [3.63, 3.8) is 0 Å². The van der Waals surface area contributed by atoms with E-state index in [4.69, 9.17) is 23.2 Å². The Morgan fingerprint density at radius 3 is 2.62 bits per heavy atom. The van der Waals surface area contributed by atoms with Gasteiger partial charge in [-0.2, -0.15) is 0 Å².